The van der Waals surface area contributed by atoms with E-state index in [9.17, 15) is 4.79 Å². The summed E-state index contributed by atoms with van der Waals surface area (Å²) in [6.45, 7) is 8.65. The number of nitrogens with zero attached hydrogens (tertiary/aromatic N) is 2. The Bertz CT molecular complexity index is 371. The Hall–Kier alpha value is -0.610. The third-order valence-electron chi connectivity index (χ3n) is 5.57. The number of ether oxygens (including phenoxy) is 1. The number of rotatable bonds is 4. The third kappa shape index (κ3) is 2.37. The highest BCUT2D eigenvalue weighted by Gasteiger charge is 2.51. The number of methoxy groups -OCH3 is 1. The van der Waals surface area contributed by atoms with Crippen molar-refractivity contribution in [1.82, 2.24) is 9.80 Å². The van der Waals surface area contributed by atoms with Crippen molar-refractivity contribution in [3.8, 4) is 0 Å². The molecule has 1 saturated carbocycles. The van der Waals surface area contributed by atoms with Crippen LogP contribution >= 0.6 is 0 Å². The lowest BCUT2D eigenvalue weighted by Gasteiger charge is -2.32. The van der Waals surface area contributed by atoms with E-state index in [1.165, 1.54) is 19.5 Å². The lowest BCUT2D eigenvalue weighted by molar-refractivity contribution is -0.128. The smallest absolute Gasteiger partial charge is 0.226 e. The van der Waals surface area contributed by atoms with E-state index in [-0.39, 0.29) is 5.91 Å². The van der Waals surface area contributed by atoms with Crippen molar-refractivity contribution < 1.29 is 9.53 Å². The standard InChI is InChI=1S/C16H27N2O2/c1-11(2)17-8-12-7-15(18-6-4-5-16(18)19)14(10-20-3)13(12)9-17/h5,11-15H,4,6-10H2,1-3H3. The summed E-state index contributed by atoms with van der Waals surface area (Å²) in [6, 6.07) is 1.04. The van der Waals surface area contributed by atoms with E-state index < -0.39 is 0 Å². The van der Waals surface area contributed by atoms with Gasteiger partial charge in [-0.25, -0.2) is 0 Å². The average Bonchev–Trinajstić information content (AvgIpc) is 3.05. The van der Waals surface area contributed by atoms with Gasteiger partial charge in [-0.3, -0.25) is 4.79 Å². The predicted octanol–water partition coefficient (Wildman–Crippen LogP) is 1.41. The summed E-state index contributed by atoms with van der Waals surface area (Å²) < 4.78 is 5.49. The molecule has 113 valence electrons. The molecule has 0 N–H and O–H groups in total. The van der Waals surface area contributed by atoms with E-state index in [4.69, 9.17) is 4.74 Å². The second-order valence-corrected chi connectivity index (χ2v) is 6.92. The fourth-order valence-corrected chi connectivity index (χ4v) is 4.53. The van der Waals surface area contributed by atoms with Crippen LogP contribution in [0.1, 0.15) is 26.7 Å². The molecule has 4 unspecified atom stereocenters. The number of hydrogen-bond acceptors (Lipinski definition) is 3. The van der Waals surface area contributed by atoms with Gasteiger partial charge < -0.3 is 14.5 Å². The third-order valence-corrected chi connectivity index (χ3v) is 5.57. The first-order chi connectivity index (χ1) is 9.61. The van der Waals surface area contributed by atoms with Gasteiger partial charge in [-0.15, -0.1) is 0 Å². The molecule has 0 aromatic heterocycles. The van der Waals surface area contributed by atoms with Gasteiger partial charge in [-0.05, 0) is 38.5 Å². The first kappa shape index (κ1) is 14.3. The van der Waals surface area contributed by atoms with E-state index in [1.54, 1.807) is 7.11 Å². The molecular formula is C16H27N2O2. The predicted molar refractivity (Wildman–Crippen MR) is 78.1 cm³/mol. The largest absolute Gasteiger partial charge is 0.384 e. The minimum Gasteiger partial charge on any atom is -0.384 e. The van der Waals surface area contributed by atoms with Crippen LogP contribution in [-0.4, -0.2) is 61.1 Å². The van der Waals surface area contributed by atoms with Gasteiger partial charge in [-0.1, -0.05) is 0 Å². The van der Waals surface area contributed by atoms with Gasteiger partial charge in [0.25, 0.3) is 0 Å². The number of hydrogen-bond donors (Lipinski definition) is 0. The van der Waals surface area contributed by atoms with Crippen LogP contribution in [0.2, 0.25) is 0 Å². The number of amides is 1. The van der Waals surface area contributed by atoms with E-state index >= 15 is 0 Å². The van der Waals surface area contributed by atoms with Crippen molar-refractivity contribution in [2.75, 3.05) is 33.4 Å². The van der Waals surface area contributed by atoms with Crippen LogP contribution in [0.15, 0.2) is 0 Å². The zero-order valence-electron chi connectivity index (χ0n) is 12.9. The molecule has 0 aromatic rings. The van der Waals surface area contributed by atoms with Gasteiger partial charge in [0.15, 0.2) is 0 Å². The fraction of sp³-hybridized carbons (Fsp3) is 0.875. The van der Waals surface area contributed by atoms with Gasteiger partial charge in [0.2, 0.25) is 5.91 Å². The van der Waals surface area contributed by atoms with Crippen molar-refractivity contribution >= 4 is 5.91 Å². The van der Waals surface area contributed by atoms with Crippen LogP contribution in [-0.2, 0) is 9.53 Å². The quantitative estimate of drug-likeness (QED) is 0.780. The summed E-state index contributed by atoms with van der Waals surface area (Å²) in [5.74, 6) is 2.22. The normalized spacial score (nSPS) is 38.2. The SMILES string of the molecule is COCC1C2CN(C(C)C)CC2CC1N1CC[CH]C1=O. The molecule has 4 heteroatoms. The van der Waals surface area contributed by atoms with Crippen LogP contribution in [0.3, 0.4) is 0 Å². The van der Waals surface area contributed by atoms with Crippen LogP contribution in [0.25, 0.3) is 0 Å². The summed E-state index contributed by atoms with van der Waals surface area (Å²) in [6.07, 6.45) is 3.93. The Labute approximate surface area is 122 Å². The van der Waals surface area contributed by atoms with E-state index in [0.29, 0.717) is 23.9 Å². The molecule has 1 aliphatic carbocycles. The molecule has 3 aliphatic rings. The van der Waals surface area contributed by atoms with Gasteiger partial charge in [0.05, 0.1) is 13.0 Å². The molecule has 0 bridgehead atoms. The number of carbonyl (C=O) groups excluding carboxylic acids is 1. The summed E-state index contributed by atoms with van der Waals surface area (Å²) >= 11 is 0. The van der Waals surface area contributed by atoms with Crippen LogP contribution in [0, 0.1) is 24.2 Å². The number of fused-ring (bicyclic) bond motifs is 1. The maximum Gasteiger partial charge on any atom is 0.226 e. The van der Waals surface area contributed by atoms with Crippen LogP contribution < -0.4 is 0 Å². The molecule has 4 atom stereocenters. The Morgan fingerprint density at radius 3 is 2.80 bits per heavy atom. The maximum atomic E-state index is 12.0. The maximum absolute atomic E-state index is 12.0. The van der Waals surface area contributed by atoms with Crippen molar-refractivity contribution in [1.29, 1.82) is 0 Å². The zero-order valence-corrected chi connectivity index (χ0v) is 12.9. The molecule has 2 heterocycles. The highest BCUT2D eigenvalue weighted by molar-refractivity contribution is 5.87. The second-order valence-electron chi connectivity index (χ2n) is 6.92. The fourth-order valence-electron chi connectivity index (χ4n) is 4.53. The lowest BCUT2D eigenvalue weighted by atomic mass is 9.91. The molecule has 2 saturated heterocycles. The summed E-state index contributed by atoms with van der Waals surface area (Å²) in [7, 11) is 1.79. The molecule has 3 fully saturated rings. The number of carbonyl (C=O) groups is 1. The molecule has 0 spiro atoms. The van der Waals surface area contributed by atoms with Gasteiger partial charge in [0.1, 0.15) is 0 Å². The lowest BCUT2D eigenvalue weighted by Crippen LogP contribution is -2.43. The Kier molecular flexibility index (Phi) is 4.04. The van der Waals surface area contributed by atoms with Crippen LogP contribution in [0.5, 0.6) is 0 Å². The Morgan fingerprint density at radius 2 is 2.20 bits per heavy atom. The van der Waals surface area contributed by atoms with Crippen molar-refractivity contribution in [2.45, 2.75) is 38.8 Å². The van der Waals surface area contributed by atoms with Crippen molar-refractivity contribution in [2.24, 2.45) is 17.8 Å². The van der Waals surface area contributed by atoms with Crippen molar-refractivity contribution in [3.05, 3.63) is 6.42 Å². The molecule has 3 rings (SSSR count). The van der Waals surface area contributed by atoms with Gasteiger partial charge in [-0.2, -0.15) is 0 Å². The monoisotopic (exact) mass is 279 g/mol. The first-order valence-corrected chi connectivity index (χ1v) is 7.98. The van der Waals surface area contributed by atoms with Gasteiger partial charge in [0, 0.05) is 44.7 Å². The molecular weight excluding hydrogens is 252 g/mol. The number of likely N-dealkylation sites (tertiary alicyclic amines) is 2. The summed E-state index contributed by atoms with van der Waals surface area (Å²) in [5.41, 5.74) is 0. The van der Waals surface area contributed by atoms with Crippen LogP contribution in [0.4, 0.5) is 0 Å². The molecule has 1 radical (unpaired) electrons. The minimum absolute atomic E-state index is 0.247. The zero-order chi connectivity index (χ0) is 14.3. The first-order valence-electron chi connectivity index (χ1n) is 7.98. The second kappa shape index (κ2) is 5.64. The van der Waals surface area contributed by atoms with Gasteiger partial charge >= 0.3 is 0 Å². The topological polar surface area (TPSA) is 32.8 Å². The summed E-state index contributed by atoms with van der Waals surface area (Å²) in [4.78, 5) is 16.7. The highest BCUT2D eigenvalue weighted by Crippen LogP contribution is 2.45. The molecule has 0 aromatic carbocycles. The summed E-state index contributed by atoms with van der Waals surface area (Å²) in [5, 5.41) is 0. The molecule has 2 aliphatic heterocycles. The molecule has 1 amide bonds. The van der Waals surface area contributed by atoms with E-state index in [2.05, 4.69) is 23.6 Å². The van der Waals surface area contributed by atoms with E-state index in [0.717, 1.165) is 25.5 Å². The molecule has 20 heavy (non-hydrogen) atoms. The Balaban J connectivity index is 1.73. The van der Waals surface area contributed by atoms with Crippen molar-refractivity contribution in [3.63, 3.8) is 0 Å². The minimum atomic E-state index is 0.247. The Morgan fingerprint density at radius 1 is 1.40 bits per heavy atom. The van der Waals surface area contributed by atoms with E-state index in [1.807, 2.05) is 6.42 Å². The average molecular weight is 279 g/mol. The highest BCUT2D eigenvalue weighted by atomic mass is 16.5. The molecule has 4 nitrogen and oxygen atoms in total.